The summed E-state index contributed by atoms with van der Waals surface area (Å²) >= 11 is 0. The number of rotatable bonds is 1. The molecule has 1 aromatic heterocycles. The summed E-state index contributed by atoms with van der Waals surface area (Å²) in [6.07, 6.45) is 2.39. The summed E-state index contributed by atoms with van der Waals surface area (Å²) < 4.78 is 1.58. The fourth-order valence-corrected chi connectivity index (χ4v) is 1.68. The largest absolute Gasteiger partial charge is 0.273 e. The normalized spacial score (nSPS) is 16.8. The molecule has 1 saturated carbocycles. The molecule has 0 aromatic carbocycles. The summed E-state index contributed by atoms with van der Waals surface area (Å²) in [5.74, 6) is 0.588. The minimum atomic E-state index is 0.0182. The van der Waals surface area contributed by atoms with Gasteiger partial charge in [0.2, 0.25) is 5.91 Å². The molecule has 1 aliphatic rings. The molecule has 82 valence electrons. The van der Waals surface area contributed by atoms with Gasteiger partial charge >= 0.3 is 0 Å². The summed E-state index contributed by atoms with van der Waals surface area (Å²) in [5.41, 5.74) is 2.14. The Morgan fingerprint density at radius 1 is 1.47 bits per heavy atom. The number of carbonyl (C=O) groups is 1. The molecule has 0 spiro atoms. The summed E-state index contributed by atoms with van der Waals surface area (Å²) in [6.45, 7) is 7.94. The van der Waals surface area contributed by atoms with Crippen molar-refractivity contribution in [1.82, 2.24) is 9.78 Å². The van der Waals surface area contributed by atoms with Crippen LogP contribution in [0.1, 0.15) is 62.6 Å². The first kappa shape index (κ1) is 10.4. The molecule has 1 fully saturated rings. The van der Waals surface area contributed by atoms with Crippen LogP contribution in [0.5, 0.6) is 0 Å². The average molecular weight is 206 g/mol. The van der Waals surface area contributed by atoms with E-state index in [1.807, 2.05) is 0 Å². The molecule has 0 atom stereocenters. The van der Waals surface area contributed by atoms with Gasteiger partial charge in [0.25, 0.3) is 0 Å². The zero-order valence-corrected chi connectivity index (χ0v) is 9.87. The summed E-state index contributed by atoms with van der Waals surface area (Å²) in [5, 5.41) is 4.41. The van der Waals surface area contributed by atoms with Crippen LogP contribution >= 0.6 is 0 Å². The smallest absolute Gasteiger partial charge is 0.243 e. The topological polar surface area (TPSA) is 34.9 Å². The molecule has 1 aromatic rings. The van der Waals surface area contributed by atoms with E-state index >= 15 is 0 Å². The minimum absolute atomic E-state index is 0.0182. The van der Waals surface area contributed by atoms with E-state index in [0.29, 0.717) is 5.92 Å². The predicted molar refractivity (Wildman–Crippen MR) is 59.2 cm³/mol. The molecule has 0 radical (unpaired) electrons. The van der Waals surface area contributed by atoms with Gasteiger partial charge in [-0.25, -0.2) is 4.68 Å². The predicted octanol–water partition coefficient (Wildman–Crippen LogP) is 2.72. The molecular weight excluding hydrogens is 188 g/mol. The van der Waals surface area contributed by atoms with E-state index in [1.54, 1.807) is 11.6 Å². The SMILES string of the molecule is CC(=O)n1nc(C(C)(C)C)cc1C1CC1. The van der Waals surface area contributed by atoms with Crippen LogP contribution in [0.25, 0.3) is 0 Å². The van der Waals surface area contributed by atoms with Crippen LogP contribution in [-0.4, -0.2) is 15.7 Å². The summed E-state index contributed by atoms with van der Waals surface area (Å²) in [4.78, 5) is 11.4. The van der Waals surface area contributed by atoms with Gasteiger partial charge in [-0.1, -0.05) is 20.8 Å². The van der Waals surface area contributed by atoms with Crippen molar-refractivity contribution in [2.45, 2.75) is 51.9 Å². The fraction of sp³-hybridized carbons (Fsp3) is 0.667. The highest BCUT2D eigenvalue weighted by molar-refractivity contribution is 5.76. The first-order valence-corrected chi connectivity index (χ1v) is 5.51. The first-order valence-electron chi connectivity index (χ1n) is 5.51. The first-order chi connectivity index (χ1) is 6.89. The maximum Gasteiger partial charge on any atom is 0.243 e. The lowest BCUT2D eigenvalue weighted by Gasteiger charge is -2.13. The lowest BCUT2D eigenvalue weighted by atomic mass is 9.92. The monoisotopic (exact) mass is 206 g/mol. The Labute approximate surface area is 90.5 Å². The van der Waals surface area contributed by atoms with E-state index < -0.39 is 0 Å². The van der Waals surface area contributed by atoms with Crippen molar-refractivity contribution < 1.29 is 4.79 Å². The molecule has 0 aliphatic heterocycles. The lowest BCUT2D eigenvalue weighted by molar-refractivity contribution is 0.0916. The maximum atomic E-state index is 11.4. The second kappa shape index (κ2) is 3.19. The highest BCUT2D eigenvalue weighted by atomic mass is 16.2. The molecule has 3 heteroatoms. The summed E-state index contributed by atoms with van der Waals surface area (Å²) in [6, 6.07) is 2.10. The van der Waals surface area contributed by atoms with Crippen LogP contribution in [0.4, 0.5) is 0 Å². The highest BCUT2D eigenvalue weighted by Gasteiger charge is 2.31. The van der Waals surface area contributed by atoms with Crippen molar-refractivity contribution in [3.05, 3.63) is 17.5 Å². The third-order valence-electron chi connectivity index (χ3n) is 2.80. The molecule has 15 heavy (non-hydrogen) atoms. The molecule has 0 bridgehead atoms. The van der Waals surface area contributed by atoms with Gasteiger partial charge in [0.05, 0.1) is 11.4 Å². The summed E-state index contributed by atoms with van der Waals surface area (Å²) in [7, 11) is 0. The molecule has 0 N–H and O–H groups in total. The van der Waals surface area contributed by atoms with Gasteiger partial charge in [0.15, 0.2) is 0 Å². The Kier molecular flexibility index (Phi) is 2.21. The lowest BCUT2D eigenvalue weighted by Crippen LogP contribution is -2.15. The zero-order valence-electron chi connectivity index (χ0n) is 9.87. The van der Waals surface area contributed by atoms with Crippen molar-refractivity contribution in [3.63, 3.8) is 0 Å². The average Bonchev–Trinajstić information content (AvgIpc) is 2.81. The third kappa shape index (κ3) is 1.96. The van der Waals surface area contributed by atoms with Crippen LogP contribution in [0, 0.1) is 0 Å². The molecule has 1 heterocycles. The van der Waals surface area contributed by atoms with Crippen LogP contribution in [0.2, 0.25) is 0 Å². The standard InChI is InChI=1S/C12H18N2O/c1-8(15)14-10(9-5-6-9)7-11(13-14)12(2,3)4/h7,9H,5-6H2,1-4H3. The van der Waals surface area contributed by atoms with Crippen molar-refractivity contribution in [3.8, 4) is 0 Å². The van der Waals surface area contributed by atoms with Crippen molar-refractivity contribution >= 4 is 5.91 Å². The molecule has 1 aliphatic carbocycles. The van der Waals surface area contributed by atoms with Gasteiger partial charge in [-0.15, -0.1) is 0 Å². The van der Waals surface area contributed by atoms with Crippen LogP contribution in [0.3, 0.4) is 0 Å². The quantitative estimate of drug-likeness (QED) is 0.708. The Hall–Kier alpha value is -1.12. The van der Waals surface area contributed by atoms with Gasteiger partial charge in [-0.2, -0.15) is 5.10 Å². The Morgan fingerprint density at radius 2 is 2.07 bits per heavy atom. The van der Waals surface area contributed by atoms with E-state index in [2.05, 4.69) is 31.9 Å². The second-order valence-corrected chi connectivity index (χ2v) is 5.41. The molecule has 0 amide bonds. The number of hydrogen-bond donors (Lipinski definition) is 0. The molecule has 0 unspecified atom stereocenters. The van der Waals surface area contributed by atoms with Crippen LogP contribution in [-0.2, 0) is 5.41 Å². The third-order valence-corrected chi connectivity index (χ3v) is 2.80. The molecule has 3 nitrogen and oxygen atoms in total. The number of hydrogen-bond acceptors (Lipinski definition) is 2. The van der Waals surface area contributed by atoms with Crippen molar-refractivity contribution in [2.24, 2.45) is 0 Å². The molecule has 0 saturated heterocycles. The highest BCUT2D eigenvalue weighted by Crippen LogP contribution is 2.41. The Morgan fingerprint density at radius 3 is 2.47 bits per heavy atom. The maximum absolute atomic E-state index is 11.4. The minimum Gasteiger partial charge on any atom is -0.273 e. The van der Waals surface area contributed by atoms with Crippen LogP contribution < -0.4 is 0 Å². The van der Waals surface area contributed by atoms with E-state index in [4.69, 9.17) is 0 Å². The molecular formula is C12H18N2O. The van der Waals surface area contributed by atoms with Gasteiger partial charge in [-0.3, -0.25) is 4.79 Å². The zero-order chi connectivity index (χ0) is 11.2. The van der Waals surface area contributed by atoms with E-state index in [-0.39, 0.29) is 11.3 Å². The number of nitrogens with zero attached hydrogens (tertiary/aromatic N) is 2. The van der Waals surface area contributed by atoms with Crippen molar-refractivity contribution in [1.29, 1.82) is 0 Å². The van der Waals surface area contributed by atoms with Gasteiger partial charge in [0.1, 0.15) is 0 Å². The van der Waals surface area contributed by atoms with E-state index in [1.165, 1.54) is 12.8 Å². The Bertz CT molecular complexity index is 394. The fourth-order valence-electron chi connectivity index (χ4n) is 1.68. The number of aromatic nitrogens is 2. The van der Waals surface area contributed by atoms with Crippen LogP contribution in [0.15, 0.2) is 6.07 Å². The second-order valence-electron chi connectivity index (χ2n) is 5.41. The van der Waals surface area contributed by atoms with E-state index in [9.17, 15) is 4.79 Å². The van der Waals surface area contributed by atoms with Gasteiger partial charge < -0.3 is 0 Å². The Balaban J connectivity index is 2.44. The van der Waals surface area contributed by atoms with Gasteiger partial charge in [0, 0.05) is 18.3 Å². The van der Waals surface area contributed by atoms with E-state index in [0.717, 1.165) is 11.4 Å². The van der Waals surface area contributed by atoms with Crippen molar-refractivity contribution in [2.75, 3.05) is 0 Å². The van der Waals surface area contributed by atoms with Gasteiger partial charge in [-0.05, 0) is 18.9 Å². The molecule has 2 rings (SSSR count). The number of carbonyl (C=O) groups excluding carboxylic acids is 1.